The quantitative estimate of drug-likeness (QED) is 0.569. The minimum atomic E-state index is -0.976. The van der Waals surface area contributed by atoms with E-state index in [1.54, 1.807) is 0 Å². The van der Waals surface area contributed by atoms with Crippen LogP contribution >= 0.6 is 0 Å². The number of carboxylic acid groups (broad SMARTS) is 1. The number of carboxylic acids is 1. The van der Waals surface area contributed by atoms with Crippen molar-refractivity contribution in [1.82, 2.24) is 5.32 Å². The first-order valence-corrected chi connectivity index (χ1v) is 6.29. The lowest BCUT2D eigenvalue weighted by atomic mass is 10.1. The molecule has 5 nitrogen and oxygen atoms in total. The first-order valence-electron chi connectivity index (χ1n) is 6.29. The van der Waals surface area contributed by atoms with Crippen molar-refractivity contribution in [2.75, 3.05) is 0 Å². The molecule has 2 atom stereocenters. The molecule has 0 spiro atoms. The molecule has 0 rings (SSSR count). The number of carbonyl (C=O) groups is 2. The molecule has 0 bridgehead atoms. The van der Waals surface area contributed by atoms with Crippen LogP contribution in [0.2, 0.25) is 0 Å². The van der Waals surface area contributed by atoms with Gasteiger partial charge in [0.25, 0.3) is 0 Å². The van der Waals surface area contributed by atoms with E-state index < -0.39 is 12.0 Å². The van der Waals surface area contributed by atoms with Gasteiger partial charge in [-0.3, -0.25) is 4.79 Å². The van der Waals surface area contributed by atoms with Gasteiger partial charge in [-0.1, -0.05) is 33.1 Å². The topological polar surface area (TPSA) is 92.4 Å². The summed E-state index contributed by atoms with van der Waals surface area (Å²) in [6.07, 6.45) is 4.07. The number of nitrogens with one attached hydrogen (secondary N) is 1. The van der Waals surface area contributed by atoms with E-state index in [1.807, 2.05) is 13.8 Å². The monoisotopic (exact) mass is 244 g/mol. The van der Waals surface area contributed by atoms with Crippen LogP contribution in [0.15, 0.2) is 0 Å². The Morgan fingerprint density at radius 1 is 1.24 bits per heavy atom. The van der Waals surface area contributed by atoms with Crippen LogP contribution in [0.25, 0.3) is 0 Å². The molecule has 0 aliphatic rings. The molecule has 0 aromatic rings. The predicted molar refractivity (Wildman–Crippen MR) is 66.6 cm³/mol. The summed E-state index contributed by atoms with van der Waals surface area (Å²) in [7, 11) is 0. The Kier molecular flexibility index (Phi) is 8.40. The molecule has 0 aliphatic carbocycles. The zero-order valence-corrected chi connectivity index (χ0v) is 10.7. The van der Waals surface area contributed by atoms with E-state index in [0.29, 0.717) is 6.42 Å². The number of unbranched alkanes of at least 4 members (excludes halogenated alkanes) is 1. The zero-order chi connectivity index (χ0) is 13.3. The van der Waals surface area contributed by atoms with E-state index in [4.69, 9.17) is 10.8 Å². The molecular weight excluding hydrogens is 220 g/mol. The Labute approximate surface area is 103 Å². The summed E-state index contributed by atoms with van der Waals surface area (Å²) in [5.41, 5.74) is 5.73. The highest BCUT2D eigenvalue weighted by molar-refractivity contribution is 5.83. The maximum Gasteiger partial charge on any atom is 0.326 e. The average Bonchev–Trinajstić information content (AvgIpc) is 2.23. The van der Waals surface area contributed by atoms with Gasteiger partial charge < -0.3 is 16.2 Å². The van der Waals surface area contributed by atoms with Gasteiger partial charge in [0.05, 0.1) is 0 Å². The molecule has 0 saturated heterocycles. The van der Waals surface area contributed by atoms with Crippen LogP contribution in [0.3, 0.4) is 0 Å². The normalized spacial score (nSPS) is 14.1. The smallest absolute Gasteiger partial charge is 0.326 e. The molecule has 1 amide bonds. The summed E-state index contributed by atoms with van der Waals surface area (Å²) in [6.45, 7) is 3.98. The third-order valence-corrected chi connectivity index (χ3v) is 2.59. The van der Waals surface area contributed by atoms with Crippen molar-refractivity contribution in [2.45, 2.75) is 64.5 Å². The highest BCUT2D eigenvalue weighted by Gasteiger charge is 2.19. The molecule has 0 heterocycles. The standard InChI is InChI=1S/C12H24N2O3/c1-3-5-7-10(12(16)17)14-11(15)8-9(13)6-4-2/h9-10H,3-8,13H2,1-2H3,(H,14,15)(H,16,17). The summed E-state index contributed by atoms with van der Waals surface area (Å²) in [4.78, 5) is 22.5. The minimum absolute atomic E-state index is 0.180. The van der Waals surface area contributed by atoms with E-state index in [9.17, 15) is 9.59 Å². The van der Waals surface area contributed by atoms with E-state index in [0.717, 1.165) is 25.7 Å². The number of carbonyl (C=O) groups excluding carboxylic acids is 1. The number of hydrogen-bond donors (Lipinski definition) is 3. The van der Waals surface area contributed by atoms with Crippen molar-refractivity contribution in [2.24, 2.45) is 5.73 Å². The second-order valence-electron chi connectivity index (χ2n) is 4.35. The molecule has 0 fully saturated rings. The fourth-order valence-electron chi connectivity index (χ4n) is 1.63. The molecule has 17 heavy (non-hydrogen) atoms. The summed E-state index contributed by atoms with van der Waals surface area (Å²) in [5, 5.41) is 11.5. The first kappa shape index (κ1) is 15.9. The second kappa shape index (κ2) is 8.98. The molecule has 4 N–H and O–H groups in total. The summed E-state index contributed by atoms with van der Waals surface area (Å²) >= 11 is 0. The first-order chi connectivity index (χ1) is 8.01. The molecule has 0 aromatic carbocycles. The van der Waals surface area contributed by atoms with Gasteiger partial charge in [0.15, 0.2) is 0 Å². The lowest BCUT2D eigenvalue weighted by molar-refractivity contribution is -0.142. The number of aliphatic carboxylic acids is 1. The Morgan fingerprint density at radius 2 is 1.88 bits per heavy atom. The van der Waals surface area contributed by atoms with Crippen LogP contribution in [0.4, 0.5) is 0 Å². The molecule has 0 radical (unpaired) electrons. The highest BCUT2D eigenvalue weighted by Crippen LogP contribution is 2.03. The van der Waals surface area contributed by atoms with E-state index in [-0.39, 0.29) is 18.4 Å². The molecule has 0 aromatic heterocycles. The van der Waals surface area contributed by atoms with Gasteiger partial charge in [0.2, 0.25) is 5.91 Å². The predicted octanol–water partition coefficient (Wildman–Crippen LogP) is 1.26. The Balaban J connectivity index is 4.07. The number of nitrogens with two attached hydrogens (primary N) is 1. The van der Waals surface area contributed by atoms with Gasteiger partial charge in [0, 0.05) is 12.5 Å². The zero-order valence-electron chi connectivity index (χ0n) is 10.7. The van der Waals surface area contributed by atoms with Gasteiger partial charge in [0.1, 0.15) is 6.04 Å². The van der Waals surface area contributed by atoms with Crippen molar-refractivity contribution >= 4 is 11.9 Å². The van der Waals surface area contributed by atoms with Gasteiger partial charge >= 0.3 is 5.97 Å². The van der Waals surface area contributed by atoms with Gasteiger partial charge in [-0.05, 0) is 12.8 Å². The number of amides is 1. The SMILES string of the molecule is CCCCC(NC(=O)CC(N)CCC)C(=O)O. The van der Waals surface area contributed by atoms with E-state index >= 15 is 0 Å². The second-order valence-corrected chi connectivity index (χ2v) is 4.35. The van der Waals surface area contributed by atoms with Crippen molar-refractivity contribution < 1.29 is 14.7 Å². The molecule has 0 aliphatic heterocycles. The molecule has 2 unspecified atom stereocenters. The molecular formula is C12H24N2O3. The van der Waals surface area contributed by atoms with Crippen LogP contribution in [-0.4, -0.2) is 29.1 Å². The highest BCUT2D eigenvalue weighted by atomic mass is 16.4. The third kappa shape index (κ3) is 7.74. The van der Waals surface area contributed by atoms with Crippen molar-refractivity contribution in [3.63, 3.8) is 0 Å². The van der Waals surface area contributed by atoms with Crippen LogP contribution in [0, 0.1) is 0 Å². The minimum Gasteiger partial charge on any atom is -0.480 e. The maximum absolute atomic E-state index is 11.6. The Bertz CT molecular complexity index is 244. The van der Waals surface area contributed by atoms with Gasteiger partial charge in [-0.15, -0.1) is 0 Å². The van der Waals surface area contributed by atoms with E-state index in [1.165, 1.54) is 0 Å². The van der Waals surface area contributed by atoms with Gasteiger partial charge in [-0.2, -0.15) is 0 Å². The summed E-state index contributed by atoms with van der Waals surface area (Å²) < 4.78 is 0. The van der Waals surface area contributed by atoms with Gasteiger partial charge in [-0.25, -0.2) is 4.79 Å². The van der Waals surface area contributed by atoms with Crippen molar-refractivity contribution in [1.29, 1.82) is 0 Å². The lowest BCUT2D eigenvalue weighted by Crippen LogP contribution is -2.42. The van der Waals surface area contributed by atoms with Crippen molar-refractivity contribution in [3.05, 3.63) is 0 Å². The van der Waals surface area contributed by atoms with Crippen LogP contribution in [0.5, 0.6) is 0 Å². The average molecular weight is 244 g/mol. The summed E-state index contributed by atoms with van der Waals surface area (Å²) in [6, 6.07) is -0.961. The van der Waals surface area contributed by atoms with Crippen LogP contribution in [-0.2, 0) is 9.59 Å². The van der Waals surface area contributed by atoms with Crippen LogP contribution < -0.4 is 11.1 Å². The molecule has 100 valence electrons. The molecule has 0 saturated carbocycles. The Hall–Kier alpha value is -1.10. The maximum atomic E-state index is 11.6. The number of hydrogen-bond acceptors (Lipinski definition) is 3. The fourth-order valence-corrected chi connectivity index (χ4v) is 1.63. The number of rotatable bonds is 9. The summed E-state index contributed by atoms with van der Waals surface area (Å²) in [5.74, 6) is -1.25. The lowest BCUT2D eigenvalue weighted by Gasteiger charge is -2.16. The Morgan fingerprint density at radius 3 is 2.35 bits per heavy atom. The van der Waals surface area contributed by atoms with E-state index in [2.05, 4.69) is 5.32 Å². The van der Waals surface area contributed by atoms with Crippen molar-refractivity contribution in [3.8, 4) is 0 Å². The largest absolute Gasteiger partial charge is 0.480 e. The molecule has 5 heteroatoms. The third-order valence-electron chi connectivity index (χ3n) is 2.59. The van der Waals surface area contributed by atoms with Crippen LogP contribution in [0.1, 0.15) is 52.4 Å². The fraction of sp³-hybridized carbons (Fsp3) is 0.833.